The summed E-state index contributed by atoms with van der Waals surface area (Å²) in [6, 6.07) is 9.44. The van der Waals surface area contributed by atoms with Crippen LogP contribution in [-0.4, -0.2) is 5.16 Å². The van der Waals surface area contributed by atoms with Gasteiger partial charge in [-0.15, -0.1) is 0 Å². The highest BCUT2D eigenvalue weighted by molar-refractivity contribution is 9.10. The van der Waals surface area contributed by atoms with Crippen LogP contribution in [0.1, 0.15) is 0 Å². The zero-order valence-electron chi connectivity index (χ0n) is 7.61. The SMILES string of the molecule is Brc1ccc2onc(-c3ccco3)c2c1. The first kappa shape index (κ1) is 8.73. The van der Waals surface area contributed by atoms with Gasteiger partial charge in [0.2, 0.25) is 0 Å². The van der Waals surface area contributed by atoms with Gasteiger partial charge in [-0.2, -0.15) is 0 Å². The van der Waals surface area contributed by atoms with Crippen LogP contribution in [0.5, 0.6) is 0 Å². The summed E-state index contributed by atoms with van der Waals surface area (Å²) < 4.78 is 11.5. The van der Waals surface area contributed by atoms with Gasteiger partial charge >= 0.3 is 0 Å². The van der Waals surface area contributed by atoms with Gasteiger partial charge in [0.05, 0.1) is 11.6 Å². The molecule has 15 heavy (non-hydrogen) atoms. The highest BCUT2D eigenvalue weighted by Gasteiger charge is 2.12. The number of aromatic nitrogens is 1. The Hall–Kier alpha value is -1.55. The van der Waals surface area contributed by atoms with Gasteiger partial charge in [0.1, 0.15) is 0 Å². The van der Waals surface area contributed by atoms with Crippen molar-refractivity contribution in [2.45, 2.75) is 0 Å². The molecule has 1 aromatic carbocycles. The quantitative estimate of drug-likeness (QED) is 0.670. The molecule has 0 bridgehead atoms. The number of halogens is 1. The number of hydrogen-bond donors (Lipinski definition) is 0. The van der Waals surface area contributed by atoms with Crippen molar-refractivity contribution >= 4 is 26.9 Å². The first-order chi connectivity index (χ1) is 7.34. The molecule has 74 valence electrons. The van der Waals surface area contributed by atoms with Crippen molar-refractivity contribution < 1.29 is 8.94 Å². The Labute approximate surface area is 93.8 Å². The molecule has 0 amide bonds. The van der Waals surface area contributed by atoms with E-state index in [9.17, 15) is 0 Å². The van der Waals surface area contributed by atoms with Crippen molar-refractivity contribution in [3.8, 4) is 11.5 Å². The van der Waals surface area contributed by atoms with Crippen LogP contribution in [0.25, 0.3) is 22.4 Å². The van der Waals surface area contributed by atoms with Crippen LogP contribution in [-0.2, 0) is 0 Å². The third-order valence-corrected chi connectivity index (χ3v) is 2.68. The molecule has 4 heteroatoms. The second kappa shape index (κ2) is 3.24. The predicted octanol–water partition coefficient (Wildman–Crippen LogP) is 3.85. The molecule has 2 heterocycles. The zero-order valence-corrected chi connectivity index (χ0v) is 9.19. The van der Waals surface area contributed by atoms with Crippen molar-refractivity contribution in [3.05, 3.63) is 41.1 Å². The second-order valence-electron chi connectivity index (χ2n) is 3.15. The highest BCUT2D eigenvalue weighted by Crippen LogP contribution is 2.30. The average Bonchev–Trinajstić information content (AvgIpc) is 2.83. The van der Waals surface area contributed by atoms with E-state index < -0.39 is 0 Å². The van der Waals surface area contributed by atoms with Gasteiger partial charge in [-0.1, -0.05) is 21.1 Å². The molecule has 0 radical (unpaired) electrons. The van der Waals surface area contributed by atoms with Crippen LogP contribution in [0.3, 0.4) is 0 Å². The van der Waals surface area contributed by atoms with Crippen LogP contribution in [0.2, 0.25) is 0 Å². The molecular formula is C11H6BrNO2. The van der Waals surface area contributed by atoms with Crippen LogP contribution in [0.4, 0.5) is 0 Å². The predicted molar refractivity (Wildman–Crippen MR) is 59.4 cm³/mol. The van der Waals surface area contributed by atoms with Gasteiger partial charge in [-0.05, 0) is 30.3 Å². The molecule has 0 aliphatic carbocycles. The van der Waals surface area contributed by atoms with E-state index in [2.05, 4.69) is 21.1 Å². The lowest BCUT2D eigenvalue weighted by Crippen LogP contribution is -1.73. The Morgan fingerprint density at radius 2 is 2.13 bits per heavy atom. The van der Waals surface area contributed by atoms with Crippen molar-refractivity contribution in [1.82, 2.24) is 5.16 Å². The summed E-state index contributed by atoms with van der Waals surface area (Å²) in [7, 11) is 0. The van der Waals surface area contributed by atoms with Crippen LogP contribution in [0.15, 0.2) is 50.0 Å². The van der Waals surface area contributed by atoms with E-state index in [0.717, 1.165) is 21.1 Å². The van der Waals surface area contributed by atoms with Gasteiger partial charge in [0.15, 0.2) is 17.0 Å². The Balaban J connectivity index is 2.32. The van der Waals surface area contributed by atoms with E-state index in [-0.39, 0.29) is 0 Å². The Kier molecular flexibility index (Phi) is 1.89. The first-order valence-corrected chi connectivity index (χ1v) is 5.23. The molecule has 0 atom stereocenters. The maximum atomic E-state index is 5.29. The lowest BCUT2D eigenvalue weighted by Gasteiger charge is -1.91. The second-order valence-corrected chi connectivity index (χ2v) is 4.06. The molecular weight excluding hydrogens is 258 g/mol. The topological polar surface area (TPSA) is 39.2 Å². The number of hydrogen-bond acceptors (Lipinski definition) is 3. The van der Waals surface area contributed by atoms with Gasteiger partial charge in [0, 0.05) is 4.47 Å². The molecule has 0 unspecified atom stereocenters. The molecule has 0 spiro atoms. The van der Waals surface area contributed by atoms with Crippen LogP contribution >= 0.6 is 15.9 Å². The van der Waals surface area contributed by atoms with E-state index in [1.54, 1.807) is 6.26 Å². The fourth-order valence-electron chi connectivity index (χ4n) is 1.50. The minimum Gasteiger partial charge on any atom is -0.463 e. The normalized spacial score (nSPS) is 11.0. The summed E-state index contributed by atoms with van der Waals surface area (Å²) in [5.41, 5.74) is 1.49. The third-order valence-electron chi connectivity index (χ3n) is 2.19. The molecule has 2 aromatic heterocycles. The molecule has 0 saturated heterocycles. The minimum atomic E-state index is 0.715. The fraction of sp³-hybridized carbons (Fsp3) is 0. The molecule has 0 aliphatic heterocycles. The highest BCUT2D eigenvalue weighted by atomic mass is 79.9. The van der Waals surface area contributed by atoms with E-state index in [1.165, 1.54) is 0 Å². The Morgan fingerprint density at radius 3 is 2.93 bits per heavy atom. The van der Waals surface area contributed by atoms with Gasteiger partial charge in [0.25, 0.3) is 0 Å². The maximum absolute atomic E-state index is 5.29. The summed E-state index contributed by atoms with van der Waals surface area (Å²) in [6.07, 6.45) is 1.62. The Morgan fingerprint density at radius 1 is 1.20 bits per heavy atom. The van der Waals surface area contributed by atoms with Crippen molar-refractivity contribution in [3.63, 3.8) is 0 Å². The standard InChI is InChI=1S/C11H6BrNO2/c12-7-3-4-9-8(6-7)11(13-15-9)10-2-1-5-14-10/h1-6H. The van der Waals surface area contributed by atoms with Gasteiger partial charge < -0.3 is 8.94 Å². The number of rotatable bonds is 1. The summed E-state index contributed by atoms with van der Waals surface area (Å²) in [5.74, 6) is 0.715. The lowest BCUT2D eigenvalue weighted by atomic mass is 10.2. The molecule has 3 aromatic rings. The van der Waals surface area contributed by atoms with Crippen LogP contribution < -0.4 is 0 Å². The fourth-order valence-corrected chi connectivity index (χ4v) is 1.86. The molecule has 0 saturated carbocycles. The van der Waals surface area contributed by atoms with E-state index in [1.807, 2.05) is 30.3 Å². The number of nitrogens with zero attached hydrogens (tertiary/aromatic N) is 1. The van der Waals surface area contributed by atoms with E-state index in [4.69, 9.17) is 8.94 Å². The molecule has 0 aliphatic rings. The number of benzene rings is 1. The summed E-state index contributed by atoms with van der Waals surface area (Å²) in [4.78, 5) is 0. The monoisotopic (exact) mass is 263 g/mol. The summed E-state index contributed by atoms with van der Waals surface area (Å²) >= 11 is 3.41. The van der Waals surface area contributed by atoms with E-state index >= 15 is 0 Å². The van der Waals surface area contributed by atoms with Gasteiger partial charge in [-0.3, -0.25) is 0 Å². The molecule has 3 rings (SSSR count). The molecule has 0 N–H and O–H groups in total. The smallest absolute Gasteiger partial charge is 0.167 e. The van der Waals surface area contributed by atoms with Crippen molar-refractivity contribution in [1.29, 1.82) is 0 Å². The van der Waals surface area contributed by atoms with Gasteiger partial charge in [-0.25, -0.2) is 0 Å². The maximum Gasteiger partial charge on any atom is 0.167 e. The number of furan rings is 1. The van der Waals surface area contributed by atoms with Crippen molar-refractivity contribution in [2.24, 2.45) is 0 Å². The number of fused-ring (bicyclic) bond motifs is 1. The summed E-state index contributed by atoms with van der Waals surface area (Å²) in [6.45, 7) is 0. The molecule has 3 nitrogen and oxygen atoms in total. The van der Waals surface area contributed by atoms with E-state index in [0.29, 0.717) is 5.76 Å². The van der Waals surface area contributed by atoms with Crippen LogP contribution in [0, 0.1) is 0 Å². The average molecular weight is 264 g/mol. The summed E-state index contributed by atoms with van der Waals surface area (Å²) in [5, 5.41) is 4.93. The largest absolute Gasteiger partial charge is 0.463 e. The van der Waals surface area contributed by atoms with Crippen molar-refractivity contribution in [2.75, 3.05) is 0 Å². The minimum absolute atomic E-state index is 0.715. The zero-order chi connectivity index (χ0) is 10.3. The lowest BCUT2D eigenvalue weighted by molar-refractivity contribution is 0.455. The first-order valence-electron chi connectivity index (χ1n) is 4.43. The Bertz CT molecular complexity index is 598. The molecule has 0 fully saturated rings. The third kappa shape index (κ3) is 1.37.